The number of carbonyl (C=O) groups is 1. The third-order valence-corrected chi connectivity index (χ3v) is 4.37. The van der Waals surface area contributed by atoms with Crippen molar-refractivity contribution in [1.82, 2.24) is 5.32 Å². The Balaban J connectivity index is 1.84. The summed E-state index contributed by atoms with van der Waals surface area (Å²) in [4.78, 5) is 12.1. The molecule has 0 bridgehead atoms. The summed E-state index contributed by atoms with van der Waals surface area (Å²) in [6.07, 6.45) is 8.21. The van der Waals surface area contributed by atoms with Gasteiger partial charge in [0.05, 0.1) is 6.04 Å². The zero-order valence-electron chi connectivity index (χ0n) is 9.65. The molecule has 1 unspecified atom stereocenters. The van der Waals surface area contributed by atoms with Gasteiger partial charge in [-0.15, -0.1) is 0 Å². The molecule has 2 saturated carbocycles. The first-order valence-corrected chi connectivity index (χ1v) is 7.31. The third-order valence-electron chi connectivity index (χ3n) is 3.88. The van der Waals surface area contributed by atoms with Gasteiger partial charge in [0.1, 0.15) is 0 Å². The summed E-state index contributed by atoms with van der Waals surface area (Å²) in [5, 5.41) is 3.44. The Hall–Kier alpha value is -0.0600. The quantitative estimate of drug-likeness (QED) is 0.704. The van der Waals surface area contributed by atoms with Crippen LogP contribution in [0.5, 0.6) is 0 Å². The van der Waals surface area contributed by atoms with Crippen molar-refractivity contribution in [2.45, 2.75) is 57.0 Å². The van der Waals surface area contributed by atoms with Gasteiger partial charge >= 0.3 is 0 Å². The van der Waals surface area contributed by atoms with Crippen LogP contribution in [0.4, 0.5) is 0 Å². The Morgan fingerprint density at radius 2 is 1.94 bits per heavy atom. The summed E-state index contributed by atoms with van der Waals surface area (Å²) >= 11 is 0.790. The van der Waals surface area contributed by atoms with Gasteiger partial charge in [-0.25, -0.2) is 0 Å². The Kier molecular flexibility index (Phi) is 4.67. The van der Waals surface area contributed by atoms with Crippen LogP contribution >= 0.6 is 12.0 Å². The van der Waals surface area contributed by atoms with Crippen LogP contribution in [0.3, 0.4) is 0 Å². The fourth-order valence-corrected chi connectivity index (χ4v) is 3.05. The minimum Gasteiger partial charge on any atom is -0.330 e. The van der Waals surface area contributed by atoms with E-state index in [0.717, 1.165) is 24.9 Å². The molecule has 0 spiro atoms. The van der Waals surface area contributed by atoms with Gasteiger partial charge in [-0.05, 0) is 37.7 Å². The number of ketones is 1. The highest BCUT2D eigenvalue weighted by Crippen LogP contribution is 2.29. The smallest absolute Gasteiger partial charge is 0.153 e. The van der Waals surface area contributed by atoms with E-state index in [4.69, 9.17) is 4.55 Å². The topological polar surface area (TPSA) is 49.3 Å². The maximum Gasteiger partial charge on any atom is 0.153 e. The van der Waals surface area contributed by atoms with E-state index < -0.39 is 0 Å². The minimum absolute atomic E-state index is 0.122. The van der Waals surface area contributed by atoms with Crippen LogP contribution < -0.4 is 5.32 Å². The normalized spacial score (nSPS) is 24.3. The molecule has 2 aliphatic carbocycles. The molecule has 0 aromatic heterocycles. The number of nitrogens with one attached hydrogen (secondary N) is 1. The number of carbonyl (C=O) groups excluding carboxylic acids is 1. The molecule has 0 aliphatic heterocycles. The van der Waals surface area contributed by atoms with Crippen molar-refractivity contribution >= 4 is 17.8 Å². The molecule has 1 atom stereocenters. The summed E-state index contributed by atoms with van der Waals surface area (Å²) in [6.45, 7) is 0. The molecule has 16 heavy (non-hydrogen) atoms. The summed E-state index contributed by atoms with van der Waals surface area (Å²) in [5.74, 6) is 1.11. The monoisotopic (exact) mass is 243 g/mol. The molecule has 0 heterocycles. The van der Waals surface area contributed by atoms with Crippen LogP contribution in [-0.2, 0) is 4.79 Å². The second-order valence-corrected chi connectivity index (χ2v) is 5.62. The summed E-state index contributed by atoms with van der Waals surface area (Å²) in [6, 6.07) is 0.379. The van der Waals surface area contributed by atoms with Gasteiger partial charge in [-0.3, -0.25) is 4.79 Å². The molecule has 4 heteroatoms. The third kappa shape index (κ3) is 2.99. The van der Waals surface area contributed by atoms with E-state index in [-0.39, 0.29) is 12.0 Å². The summed E-state index contributed by atoms with van der Waals surface area (Å²) < 4.78 is 8.96. The van der Waals surface area contributed by atoms with Gasteiger partial charge < -0.3 is 9.87 Å². The largest absolute Gasteiger partial charge is 0.330 e. The van der Waals surface area contributed by atoms with Crippen molar-refractivity contribution in [2.75, 3.05) is 5.75 Å². The fraction of sp³-hybridized carbons (Fsp3) is 0.917. The van der Waals surface area contributed by atoms with Crippen molar-refractivity contribution < 1.29 is 9.35 Å². The Morgan fingerprint density at radius 3 is 2.44 bits per heavy atom. The van der Waals surface area contributed by atoms with E-state index in [0.29, 0.717) is 17.6 Å². The van der Waals surface area contributed by atoms with Gasteiger partial charge in [-0.1, -0.05) is 19.3 Å². The van der Waals surface area contributed by atoms with Crippen molar-refractivity contribution in [1.29, 1.82) is 0 Å². The van der Waals surface area contributed by atoms with E-state index >= 15 is 0 Å². The zero-order chi connectivity index (χ0) is 11.4. The number of Topliss-reactive ketones (excluding diaryl/α,β-unsaturated/α-hetero) is 1. The Labute approximate surface area is 102 Å². The maximum atomic E-state index is 12.1. The molecular formula is C12H21NO2S. The number of hydrogen-bond donors (Lipinski definition) is 2. The Bertz CT molecular complexity index is 237. The van der Waals surface area contributed by atoms with Gasteiger partial charge in [0, 0.05) is 17.7 Å². The fourth-order valence-electron chi connectivity index (χ4n) is 2.64. The lowest BCUT2D eigenvalue weighted by atomic mass is 9.80. The highest BCUT2D eigenvalue weighted by Gasteiger charge is 2.32. The van der Waals surface area contributed by atoms with Crippen LogP contribution in [0.2, 0.25) is 0 Å². The molecule has 0 aromatic carbocycles. The first-order chi connectivity index (χ1) is 7.81. The molecule has 0 amide bonds. The standard InChI is InChI=1S/C12H21NO2S/c14-12(9-4-3-5-9)11(8-16-15)13-10-6-1-2-7-10/h9-11,13,15H,1-8H2. The summed E-state index contributed by atoms with van der Waals surface area (Å²) in [7, 11) is 0. The molecule has 2 aliphatic rings. The predicted molar refractivity (Wildman–Crippen MR) is 66.6 cm³/mol. The molecular weight excluding hydrogens is 222 g/mol. The first kappa shape index (κ1) is 12.4. The van der Waals surface area contributed by atoms with E-state index in [1.165, 1.54) is 32.1 Å². The molecule has 0 radical (unpaired) electrons. The second kappa shape index (κ2) is 6.03. The van der Waals surface area contributed by atoms with Crippen molar-refractivity contribution in [3.05, 3.63) is 0 Å². The van der Waals surface area contributed by atoms with E-state index in [1.807, 2.05) is 0 Å². The molecule has 2 N–H and O–H groups in total. The lowest BCUT2D eigenvalue weighted by Gasteiger charge is -2.29. The van der Waals surface area contributed by atoms with Crippen LogP contribution in [0.1, 0.15) is 44.9 Å². The van der Waals surface area contributed by atoms with E-state index in [9.17, 15) is 4.79 Å². The average molecular weight is 243 g/mol. The highest BCUT2D eigenvalue weighted by molar-refractivity contribution is 7.93. The number of hydrogen-bond acceptors (Lipinski definition) is 4. The lowest BCUT2D eigenvalue weighted by Crippen LogP contribution is -2.47. The lowest BCUT2D eigenvalue weighted by molar-refractivity contribution is -0.127. The first-order valence-electron chi connectivity index (χ1n) is 6.37. The second-order valence-electron chi connectivity index (χ2n) is 5.03. The van der Waals surface area contributed by atoms with Crippen molar-refractivity contribution in [3.8, 4) is 0 Å². The average Bonchev–Trinajstić information content (AvgIpc) is 2.67. The van der Waals surface area contributed by atoms with Gasteiger partial charge in [0.25, 0.3) is 0 Å². The summed E-state index contributed by atoms with van der Waals surface area (Å²) in [5.41, 5.74) is 0. The maximum absolute atomic E-state index is 12.1. The van der Waals surface area contributed by atoms with Crippen molar-refractivity contribution in [3.63, 3.8) is 0 Å². The number of rotatable bonds is 6. The molecule has 0 aromatic rings. The molecule has 2 fully saturated rings. The van der Waals surface area contributed by atoms with E-state index in [1.54, 1.807) is 0 Å². The molecule has 92 valence electrons. The van der Waals surface area contributed by atoms with Crippen LogP contribution in [0.25, 0.3) is 0 Å². The molecule has 0 saturated heterocycles. The van der Waals surface area contributed by atoms with Crippen LogP contribution in [0, 0.1) is 5.92 Å². The van der Waals surface area contributed by atoms with Gasteiger partial charge in [0.2, 0.25) is 0 Å². The SMILES string of the molecule is O=C(C1CCC1)C(CSO)NC1CCCC1. The predicted octanol–water partition coefficient (Wildman–Crippen LogP) is 2.46. The highest BCUT2D eigenvalue weighted by atomic mass is 32.2. The Morgan fingerprint density at radius 1 is 1.25 bits per heavy atom. The van der Waals surface area contributed by atoms with Crippen LogP contribution in [-0.4, -0.2) is 28.2 Å². The zero-order valence-corrected chi connectivity index (χ0v) is 10.5. The van der Waals surface area contributed by atoms with Gasteiger partial charge in [-0.2, -0.15) is 0 Å². The molecule has 3 nitrogen and oxygen atoms in total. The minimum atomic E-state index is -0.122. The van der Waals surface area contributed by atoms with E-state index in [2.05, 4.69) is 5.32 Å². The molecule has 2 rings (SSSR count). The van der Waals surface area contributed by atoms with Crippen molar-refractivity contribution in [2.24, 2.45) is 5.92 Å². The van der Waals surface area contributed by atoms with Crippen LogP contribution in [0.15, 0.2) is 0 Å². The van der Waals surface area contributed by atoms with Gasteiger partial charge in [0.15, 0.2) is 5.78 Å².